The number of methoxy groups -OCH3 is 1. The highest BCUT2D eigenvalue weighted by Gasteiger charge is 2.15. The number of guanidine groups is 1. The van der Waals surface area contributed by atoms with Crippen LogP contribution in [0.4, 0.5) is 16.2 Å². The molecule has 2 aromatic carbocycles. The minimum Gasteiger partial charge on any atom is -0.496 e. The van der Waals surface area contributed by atoms with Gasteiger partial charge in [-0.25, -0.2) is 14.8 Å². The van der Waals surface area contributed by atoms with Gasteiger partial charge in [-0.3, -0.25) is 5.32 Å². The molecule has 4 N–H and O–H groups in total. The van der Waals surface area contributed by atoms with Crippen molar-refractivity contribution in [1.82, 2.24) is 15.6 Å². The van der Waals surface area contributed by atoms with Crippen molar-refractivity contribution in [2.24, 2.45) is 4.99 Å². The Kier molecular flexibility index (Phi) is 8.38. The van der Waals surface area contributed by atoms with Gasteiger partial charge in [0.1, 0.15) is 5.75 Å². The maximum Gasteiger partial charge on any atom is 0.323 e. The molecule has 10 nitrogen and oxygen atoms in total. The van der Waals surface area contributed by atoms with Gasteiger partial charge in [0.2, 0.25) is 5.96 Å². The van der Waals surface area contributed by atoms with Crippen molar-refractivity contribution in [2.45, 2.75) is 44.7 Å². The van der Waals surface area contributed by atoms with Gasteiger partial charge < -0.3 is 25.1 Å². The van der Waals surface area contributed by atoms with Gasteiger partial charge in [0, 0.05) is 23.5 Å². The number of carbonyl (C=O) groups is 1. The Morgan fingerprint density at radius 1 is 1.17 bits per heavy atom. The maximum atomic E-state index is 12.6. The van der Waals surface area contributed by atoms with Gasteiger partial charge in [-0.1, -0.05) is 31.4 Å². The molecule has 1 aromatic heterocycles. The number of benzene rings is 2. The summed E-state index contributed by atoms with van der Waals surface area (Å²) >= 11 is 0. The Balaban J connectivity index is 1.36. The lowest BCUT2D eigenvalue weighted by Gasteiger charge is -2.23. The SMILES string of the molecule is COc1cc(NC(=O)Nc2cccc(C/N=C(\NC#N)NC3CCCCC3)c2)ccc1-c1cnco1. The Morgan fingerprint density at radius 2 is 1.97 bits per heavy atom. The van der Waals surface area contributed by atoms with Crippen molar-refractivity contribution < 1.29 is 13.9 Å². The highest BCUT2D eigenvalue weighted by Crippen LogP contribution is 2.32. The van der Waals surface area contributed by atoms with Gasteiger partial charge in [-0.2, -0.15) is 5.26 Å². The molecule has 1 saturated carbocycles. The van der Waals surface area contributed by atoms with E-state index in [2.05, 4.69) is 31.2 Å². The van der Waals surface area contributed by atoms with Gasteiger partial charge in [0.15, 0.2) is 18.3 Å². The monoisotopic (exact) mass is 487 g/mol. The smallest absolute Gasteiger partial charge is 0.323 e. The number of aromatic nitrogens is 1. The summed E-state index contributed by atoms with van der Waals surface area (Å²) < 4.78 is 10.8. The van der Waals surface area contributed by atoms with Crippen LogP contribution in [-0.4, -0.2) is 30.1 Å². The largest absolute Gasteiger partial charge is 0.496 e. The zero-order valence-electron chi connectivity index (χ0n) is 20.1. The van der Waals surface area contributed by atoms with Crippen LogP contribution in [-0.2, 0) is 6.54 Å². The van der Waals surface area contributed by atoms with Crippen LogP contribution >= 0.6 is 0 Å². The van der Waals surface area contributed by atoms with Crippen LogP contribution in [0.15, 0.2) is 64.5 Å². The van der Waals surface area contributed by atoms with Crippen LogP contribution in [0.1, 0.15) is 37.7 Å². The van der Waals surface area contributed by atoms with E-state index in [1.165, 1.54) is 25.7 Å². The number of hydrogen-bond donors (Lipinski definition) is 4. The fourth-order valence-corrected chi connectivity index (χ4v) is 4.15. The molecule has 3 aromatic rings. The third-order valence-corrected chi connectivity index (χ3v) is 5.88. The van der Waals surface area contributed by atoms with E-state index >= 15 is 0 Å². The highest BCUT2D eigenvalue weighted by molar-refractivity contribution is 6.00. The van der Waals surface area contributed by atoms with Crippen LogP contribution in [0.3, 0.4) is 0 Å². The average molecular weight is 488 g/mol. The fraction of sp³-hybridized carbons (Fsp3) is 0.308. The van der Waals surface area contributed by atoms with Gasteiger partial charge in [0.05, 0.1) is 25.4 Å². The van der Waals surface area contributed by atoms with Crippen molar-refractivity contribution >= 4 is 23.4 Å². The minimum atomic E-state index is -0.393. The van der Waals surface area contributed by atoms with Crippen LogP contribution in [0.25, 0.3) is 11.3 Å². The zero-order valence-corrected chi connectivity index (χ0v) is 20.1. The molecule has 2 amide bonds. The lowest BCUT2D eigenvalue weighted by Crippen LogP contribution is -2.42. The average Bonchev–Trinajstić information content (AvgIpc) is 3.43. The van der Waals surface area contributed by atoms with Crippen LogP contribution in [0.5, 0.6) is 5.75 Å². The summed E-state index contributed by atoms with van der Waals surface area (Å²) in [7, 11) is 1.55. The minimum absolute atomic E-state index is 0.332. The van der Waals surface area contributed by atoms with Crippen LogP contribution < -0.4 is 26.0 Å². The van der Waals surface area contributed by atoms with E-state index in [-0.39, 0.29) is 0 Å². The molecule has 0 spiro atoms. The first kappa shape index (κ1) is 24.6. The Labute approximate surface area is 209 Å². The summed E-state index contributed by atoms with van der Waals surface area (Å²) in [6.07, 6.45) is 10.7. The summed E-state index contributed by atoms with van der Waals surface area (Å²) in [5.74, 6) is 1.60. The number of carbonyl (C=O) groups excluding carboxylic acids is 1. The molecular weight excluding hydrogens is 458 g/mol. The molecule has 0 unspecified atom stereocenters. The summed E-state index contributed by atoms with van der Waals surface area (Å²) in [6, 6.07) is 12.6. The van der Waals surface area contributed by atoms with Crippen molar-refractivity contribution in [2.75, 3.05) is 17.7 Å². The number of aliphatic imine (C=N–C) groups is 1. The topological polar surface area (TPSA) is 137 Å². The quantitative estimate of drug-likeness (QED) is 0.162. The predicted molar refractivity (Wildman–Crippen MR) is 137 cm³/mol. The molecule has 0 saturated heterocycles. The second-order valence-electron chi connectivity index (χ2n) is 8.44. The molecule has 186 valence electrons. The van der Waals surface area contributed by atoms with E-state index < -0.39 is 6.03 Å². The number of nitriles is 1. The number of oxazole rings is 1. The number of anilines is 2. The van der Waals surface area contributed by atoms with Crippen LogP contribution in [0.2, 0.25) is 0 Å². The van der Waals surface area contributed by atoms with Crippen molar-refractivity contribution in [1.29, 1.82) is 5.26 Å². The summed E-state index contributed by atoms with van der Waals surface area (Å²) in [4.78, 5) is 21.1. The second-order valence-corrected chi connectivity index (χ2v) is 8.44. The van der Waals surface area contributed by atoms with Crippen molar-refractivity contribution in [3.05, 3.63) is 60.6 Å². The molecule has 4 rings (SSSR count). The first-order chi connectivity index (χ1) is 17.6. The molecule has 1 heterocycles. The Morgan fingerprint density at radius 3 is 2.69 bits per heavy atom. The zero-order chi connectivity index (χ0) is 25.2. The third kappa shape index (κ3) is 6.76. The Bertz CT molecular complexity index is 1230. The van der Waals surface area contributed by atoms with Gasteiger partial charge in [-0.05, 0) is 42.7 Å². The van der Waals surface area contributed by atoms with E-state index in [0.29, 0.717) is 41.4 Å². The molecule has 1 fully saturated rings. The normalized spacial score (nSPS) is 13.9. The summed E-state index contributed by atoms with van der Waals surface area (Å²) in [5.41, 5.74) is 2.82. The number of urea groups is 1. The summed E-state index contributed by atoms with van der Waals surface area (Å²) in [6.45, 7) is 0.362. The van der Waals surface area contributed by atoms with E-state index in [0.717, 1.165) is 24.0 Å². The van der Waals surface area contributed by atoms with E-state index in [9.17, 15) is 4.79 Å². The number of nitrogens with zero attached hydrogens (tertiary/aromatic N) is 3. The van der Waals surface area contributed by atoms with E-state index in [1.807, 2.05) is 24.4 Å². The number of amides is 2. The van der Waals surface area contributed by atoms with Crippen LogP contribution in [0, 0.1) is 11.5 Å². The molecule has 0 radical (unpaired) electrons. The number of nitrogens with one attached hydrogen (secondary N) is 4. The molecule has 1 aliphatic carbocycles. The molecule has 1 aliphatic rings. The standard InChI is InChI=1S/C26H29N7O3/c1-35-23-13-21(10-11-22(23)24-15-28-17-36-24)33-26(34)32-20-9-5-6-18(12-20)14-29-25(30-16-27)31-19-7-3-2-4-8-19/h5-6,9-13,15,17,19H,2-4,7-8,14H2,1H3,(H2,29,30,31)(H2,32,33,34). The lowest BCUT2D eigenvalue weighted by atomic mass is 9.96. The Hall–Kier alpha value is -4.52. The number of hydrogen-bond acceptors (Lipinski definition) is 6. The van der Waals surface area contributed by atoms with Gasteiger partial charge in [-0.15, -0.1) is 0 Å². The first-order valence-corrected chi connectivity index (χ1v) is 11.8. The third-order valence-electron chi connectivity index (χ3n) is 5.88. The lowest BCUT2D eigenvalue weighted by molar-refractivity contribution is 0.262. The number of rotatable bonds is 7. The van der Waals surface area contributed by atoms with E-state index in [4.69, 9.17) is 14.4 Å². The van der Waals surface area contributed by atoms with Crippen molar-refractivity contribution in [3.8, 4) is 23.3 Å². The van der Waals surface area contributed by atoms with Crippen molar-refractivity contribution in [3.63, 3.8) is 0 Å². The highest BCUT2D eigenvalue weighted by atomic mass is 16.5. The molecule has 0 aliphatic heterocycles. The first-order valence-electron chi connectivity index (χ1n) is 11.8. The number of ether oxygens (including phenoxy) is 1. The molecule has 36 heavy (non-hydrogen) atoms. The molecular formula is C26H29N7O3. The summed E-state index contributed by atoms with van der Waals surface area (Å²) in [5, 5.41) is 20.7. The predicted octanol–water partition coefficient (Wildman–Crippen LogP) is 4.84. The van der Waals surface area contributed by atoms with Gasteiger partial charge >= 0.3 is 6.03 Å². The fourth-order valence-electron chi connectivity index (χ4n) is 4.15. The maximum absolute atomic E-state index is 12.6. The second kappa shape index (κ2) is 12.3. The molecule has 0 bridgehead atoms. The van der Waals surface area contributed by atoms with Gasteiger partial charge in [0.25, 0.3) is 0 Å². The molecule has 10 heteroatoms. The molecule has 0 atom stereocenters. The van der Waals surface area contributed by atoms with E-state index in [1.54, 1.807) is 37.6 Å².